The Morgan fingerprint density at radius 3 is 2.39 bits per heavy atom. The minimum Gasteiger partial charge on any atom is -0.462 e. The standard InChI is InChI=1S/C21H22O7/c1-12(22)13-7-9-15(10-8-13)26-21-18(24)17(23)19-16(27-21)11-25-20(28-19)14-5-3-2-4-6-14/h2-10,16-21,23-24H,11H2,1H3/t16-,17-,18-,19+,20-,21+/m1/s1. The summed E-state index contributed by atoms with van der Waals surface area (Å²) in [6, 6.07) is 15.9. The van der Waals surface area contributed by atoms with Gasteiger partial charge in [-0.05, 0) is 31.2 Å². The Balaban J connectivity index is 1.43. The van der Waals surface area contributed by atoms with Crippen LogP contribution in [0, 0.1) is 0 Å². The van der Waals surface area contributed by atoms with Crippen LogP contribution in [0.15, 0.2) is 54.6 Å². The summed E-state index contributed by atoms with van der Waals surface area (Å²) in [6.45, 7) is 1.67. The van der Waals surface area contributed by atoms with Crippen LogP contribution in [-0.4, -0.2) is 53.3 Å². The summed E-state index contributed by atoms with van der Waals surface area (Å²) < 4.78 is 23.0. The number of aliphatic hydroxyl groups is 2. The molecule has 7 heteroatoms. The van der Waals surface area contributed by atoms with Crippen LogP contribution in [0.2, 0.25) is 0 Å². The van der Waals surface area contributed by atoms with Crippen molar-refractivity contribution in [1.82, 2.24) is 0 Å². The molecule has 4 rings (SSSR count). The molecular weight excluding hydrogens is 364 g/mol. The average Bonchev–Trinajstić information content (AvgIpc) is 2.72. The maximum absolute atomic E-state index is 11.4. The lowest BCUT2D eigenvalue weighted by atomic mass is 9.98. The molecule has 0 aromatic heterocycles. The van der Waals surface area contributed by atoms with Gasteiger partial charge in [0.1, 0.15) is 30.2 Å². The molecule has 2 saturated heterocycles. The van der Waals surface area contributed by atoms with Crippen LogP contribution < -0.4 is 4.74 Å². The number of fused-ring (bicyclic) bond motifs is 1. The smallest absolute Gasteiger partial charge is 0.229 e. The molecule has 0 aliphatic carbocycles. The number of rotatable bonds is 4. The molecule has 0 saturated carbocycles. The van der Waals surface area contributed by atoms with Crippen molar-refractivity contribution in [1.29, 1.82) is 0 Å². The van der Waals surface area contributed by atoms with Gasteiger partial charge in [-0.3, -0.25) is 4.79 Å². The van der Waals surface area contributed by atoms with Gasteiger partial charge in [-0.15, -0.1) is 0 Å². The molecule has 0 radical (unpaired) electrons. The number of ketones is 1. The second-order valence-electron chi connectivity index (χ2n) is 6.90. The summed E-state index contributed by atoms with van der Waals surface area (Å²) >= 11 is 0. The second kappa shape index (κ2) is 7.98. The van der Waals surface area contributed by atoms with Crippen LogP contribution in [0.3, 0.4) is 0 Å². The fourth-order valence-electron chi connectivity index (χ4n) is 3.36. The van der Waals surface area contributed by atoms with Crippen molar-refractivity contribution in [3.63, 3.8) is 0 Å². The molecule has 2 fully saturated rings. The van der Waals surface area contributed by atoms with E-state index in [1.165, 1.54) is 6.92 Å². The van der Waals surface area contributed by atoms with Gasteiger partial charge >= 0.3 is 0 Å². The third-order valence-corrected chi connectivity index (χ3v) is 4.92. The summed E-state index contributed by atoms with van der Waals surface area (Å²) in [6.07, 6.45) is -5.54. The van der Waals surface area contributed by atoms with Gasteiger partial charge in [0.15, 0.2) is 12.1 Å². The van der Waals surface area contributed by atoms with Crippen molar-refractivity contribution in [2.75, 3.05) is 6.61 Å². The van der Waals surface area contributed by atoms with E-state index in [1.807, 2.05) is 30.3 Å². The number of carbonyl (C=O) groups is 1. The Bertz CT molecular complexity index is 805. The molecule has 2 N–H and O–H groups in total. The number of Topliss-reactive ketones (excluding diaryl/α,β-unsaturated/α-hetero) is 1. The van der Waals surface area contributed by atoms with Gasteiger partial charge in [0.25, 0.3) is 0 Å². The third-order valence-electron chi connectivity index (χ3n) is 4.92. The Kier molecular flexibility index (Phi) is 5.43. The van der Waals surface area contributed by atoms with Gasteiger partial charge in [0, 0.05) is 11.1 Å². The Labute approximate surface area is 162 Å². The lowest BCUT2D eigenvalue weighted by Crippen LogP contribution is -2.62. The summed E-state index contributed by atoms with van der Waals surface area (Å²) in [5, 5.41) is 21.0. The van der Waals surface area contributed by atoms with E-state index in [2.05, 4.69) is 0 Å². The van der Waals surface area contributed by atoms with Crippen LogP contribution in [0.5, 0.6) is 5.75 Å². The lowest BCUT2D eigenvalue weighted by molar-refractivity contribution is -0.350. The number of benzene rings is 2. The highest BCUT2D eigenvalue weighted by Gasteiger charge is 2.49. The molecule has 0 unspecified atom stereocenters. The number of carbonyl (C=O) groups excluding carboxylic acids is 1. The first kappa shape index (κ1) is 19.0. The van der Waals surface area contributed by atoms with Crippen LogP contribution in [-0.2, 0) is 14.2 Å². The number of hydrogen-bond donors (Lipinski definition) is 2. The van der Waals surface area contributed by atoms with Crippen molar-refractivity contribution in [2.45, 2.75) is 43.9 Å². The molecule has 6 atom stereocenters. The zero-order valence-corrected chi connectivity index (χ0v) is 15.3. The van der Waals surface area contributed by atoms with Crippen LogP contribution in [0.4, 0.5) is 0 Å². The predicted octanol–water partition coefficient (Wildman–Crippen LogP) is 1.83. The zero-order chi connectivity index (χ0) is 19.7. The van der Waals surface area contributed by atoms with Crippen molar-refractivity contribution >= 4 is 5.78 Å². The van der Waals surface area contributed by atoms with Crippen LogP contribution >= 0.6 is 0 Å². The lowest BCUT2D eigenvalue weighted by Gasteiger charge is -2.46. The van der Waals surface area contributed by atoms with E-state index in [4.69, 9.17) is 18.9 Å². The van der Waals surface area contributed by atoms with Crippen LogP contribution in [0.25, 0.3) is 0 Å². The van der Waals surface area contributed by atoms with Crippen molar-refractivity contribution in [3.8, 4) is 5.75 Å². The molecule has 2 aliphatic heterocycles. The molecule has 0 amide bonds. The van der Waals surface area contributed by atoms with Gasteiger partial charge in [-0.2, -0.15) is 0 Å². The fraction of sp³-hybridized carbons (Fsp3) is 0.381. The minimum absolute atomic E-state index is 0.0526. The molecule has 28 heavy (non-hydrogen) atoms. The van der Waals surface area contributed by atoms with Gasteiger partial charge in [0.05, 0.1) is 6.61 Å². The third kappa shape index (κ3) is 3.80. The van der Waals surface area contributed by atoms with E-state index in [-0.39, 0.29) is 12.4 Å². The SMILES string of the molecule is CC(=O)c1ccc(O[C@H]2O[C@@H]3CO[C@@H](c4ccccc4)O[C@@H]3[C@H](O)[C@H]2O)cc1. The first-order chi connectivity index (χ1) is 13.5. The van der Waals surface area contributed by atoms with E-state index < -0.39 is 37.0 Å². The monoisotopic (exact) mass is 386 g/mol. The zero-order valence-electron chi connectivity index (χ0n) is 15.3. The van der Waals surface area contributed by atoms with Crippen molar-refractivity contribution in [2.24, 2.45) is 0 Å². The highest BCUT2D eigenvalue weighted by atomic mass is 16.8. The predicted molar refractivity (Wildman–Crippen MR) is 97.8 cm³/mol. The number of aliphatic hydroxyl groups excluding tert-OH is 2. The Hall–Kier alpha value is -2.29. The Morgan fingerprint density at radius 2 is 1.71 bits per heavy atom. The average molecular weight is 386 g/mol. The molecule has 0 spiro atoms. The van der Waals surface area contributed by atoms with Crippen molar-refractivity contribution in [3.05, 3.63) is 65.7 Å². The normalized spacial score (nSPS) is 32.4. The van der Waals surface area contributed by atoms with Crippen molar-refractivity contribution < 1.29 is 34.0 Å². The molecule has 7 nitrogen and oxygen atoms in total. The summed E-state index contributed by atoms with van der Waals surface area (Å²) in [7, 11) is 0. The highest BCUT2D eigenvalue weighted by molar-refractivity contribution is 5.94. The van der Waals surface area contributed by atoms with Crippen LogP contribution in [0.1, 0.15) is 29.1 Å². The van der Waals surface area contributed by atoms with Gasteiger partial charge < -0.3 is 29.2 Å². The maximum Gasteiger partial charge on any atom is 0.229 e. The molecule has 2 aliphatic rings. The summed E-state index contributed by atoms with van der Waals surface area (Å²) in [4.78, 5) is 11.4. The topological polar surface area (TPSA) is 94.5 Å². The molecule has 148 valence electrons. The molecule has 2 heterocycles. The second-order valence-corrected chi connectivity index (χ2v) is 6.90. The molecular formula is C21H22O7. The van der Waals surface area contributed by atoms with E-state index in [1.54, 1.807) is 24.3 Å². The Morgan fingerprint density at radius 1 is 1.00 bits per heavy atom. The first-order valence-electron chi connectivity index (χ1n) is 9.14. The quantitative estimate of drug-likeness (QED) is 0.774. The van der Waals surface area contributed by atoms with Gasteiger partial charge in [-0.1, -0.05) is 30.3 Å². The first-order valence-corrected chi connectivity index (χ1v) is 9.14. The molecule has 2 aromatic rings. The fourth-order valence-corrected chi connectivity index (χ4v) is 3.36. The van der Waals surface area contributed by atoms with E-state index in [0.29, 0.717) is 11.3 Å². The summed E-state index contributed by atoms with van der Waals surface area (Å²) in [5.74, 6) is 0.364. The number of ether oxygens (including phenoxy) is 4. The largest absolute Gasteiger partial charge is 0.462 e. The number of hydrogen-bond acceptors (Lipinski definition) is 7. The maximum atomic E-state index is 11.4. The minimum atomic E-state index is -1.30. The summed E-state index contributed by atoms with van der Waals surface area (Å²) in [5.41, 5.74) is 1.38. The highest BCUT2D eigenvalue weighted by Crippen LogP contribution is 2.34. The van der Waals surface area contributed by atoms with E-state index in [0.717, 1.165) is 5.56 Å². The van der Waals surface area contributed by atoms with Gasteiger partial charge in [0.2, 0.25) is 6.29 Å². The molecule has 2 aromatic carbocycles. The van der Waals surface area contributed by atoms with E-state index in [9.17, 15) is 15.0 Å². The van der Waals surface area contributed by atoms with Gasteiger partial charge in [-0.25, -0.2) is 0 Å². The van der Waals surface area contributed by atoms with E-state index >= 15 is 0 Å². The molecule has 0 bridgehead atoms.